The van der Waals surface area contributed by atoms with Crippen LogP contribution in [0.25, 0.3) is 0 Å². The molecule has 136 valence electrons. The van der Waals surface area contributed by atoms with Crippen LogP contribution in [0.15, 0.2) is 18.3 Å². The number of nitrogens with zero attached hydrogens (tertiary/aromatic N) is 4. The number of morpholine rings is 1. The first kappa shape index (κ1) is 17.5. The number of carbonyl (C=O) groups is 3. The van der Waals surface area contributed by atoms with E-state index in [-0.39, 0.29) is 24.3 Å². The second kappa shape index (κ2) is 7.69. The van der Waals surface area contributed by atoms with Crippen LogP contribution in [0.4, 0.5) is 0 Å². The fraction of sp³-hybridized carbons (Fsp3) is 0.588. The monoisotopic (exact) mass is 348 g/mol. The summed E-state index contributed by atoms with van der Waals surface area (Å²) in [6.07, 6.45) is 1.76. The minimum absolute atomic E-state index is 0.00468. The molecule has 2 fully saturated rings. The average molecular weight is 348 g/mol. The predicted octanol–water partition coefficient (Wildman–Crippen LogP) is -0.349. The van der Waals surface area contributed by atoms with Crippen molar-refractivity contribution in [2.75, 3.05) is 52.5 Å². The van der Waals surface area contributed by atoms with Crippen molar-refractivity contribution >= 4 is 17.7 Å². The van der Waals surface area contributed by atoms with Gasteiger partial charge in [-0.25, -0.2) is 0 Å². The van der Waals surface area contributed by atoms with E-state index in [1.54, 1.807) is 44.5 Å². The molecular formula is C17H24N4O4. The van der Waals surface area contributed by atoms with Gasteiger partial charge < -0.3 is 24.0 Å². The molecule has 1 aromatic heterocycles. The van der Waals surface area contributed by atoms with E-state index in [1.165, 1.54) is 0 Å². The molecule has 0 aliphatic carbocycles. The molecule has 0 radical (unpaired) electrons. The number of carbonyl (C=O) groups excluding carboxylic acids is 3. The van der Waals surface area contributed by atoms with Gasteiger partial charge in [-0.15, -0.1) is 0 Å². The van der Waals surface area contributed by atoms with Crippen LogP contribution in [0.5, 0.6) is 0 Å². The molecule has 0 atom stereocenters. The molecular weight excluding hydrogens is 324 g/mol. The number of rotatable bonds is 3. The third kappa shape index (κ3) is 4.01. The van der Waals surface area contributed by atoms with Crippen molar-refractivity contribution in [1.29, 1.82) is 0 Å². The molecule has 3 rings (SSSR count). The first-order valence-corrected chi connectivity index (χ1v) is 8.61. The number of hydrogen-bond acceptors (Lipinski definition) is 4. The first-order valence-electron chi connectivity index (χ1n) is 8.61. The zero-order valence-electron chi connectivity index (χ0n) is 14.5. The Morgan fingerprint density at radius 2 is 1.60 bits per heavy atom. The van der Waals surface area contributed by atoms with Gasteiger partial charge >= 0.3 is 0 Å². The highest BCUT2D eigenvalue weighted by Crippen LogP contribution is 2.11. The number of amides is 3. The summed E-state index contributed by atoms with van der Waals surface area (Å²) in [4.78, 5) is 41.8. The van der Waals surface area contributed by atoms with Crippen LogP contribution < -0.4 is 0 Å². The van der Waals surface area contributed by atoms with E-state index in [2.05, 4.69) is 0 Å². The molecule has 0 unspecified atom stereocenters. The van der Waals surface area contributed by atoms with Gasteiger partial charge in [-0.1, -0.05) is 0 Å². The molecule has 8 nitrogen and oxygen atoms in total. The molecule has 0 aromatic carbocycles. The van der Waals surface area contributed by atoms with E-state index in [0.29, 0.717) is 58.2 Å². The fourth-order valence-electron chi connectivity index (χ4n) is 3.19. The number of ether oxygens (including phenoxy) is 1. The SMILES string of the molecule is CC(=O)N1CCN(C(=O)c2cccn2CC(=O)N2CCOCC2)CC1. The van der Waals surface area contributed by atoms with Crippen LogP contribution in [0.3, 0.4) is 0 Å². The van der Waals surface area contributed by atoms with E-state index >= 15 is 0 Å². The summed E-state index contributed by atoms with van der Waals surface area (Å²) in [5, 5.41) is 0. The Balaban J connectivity index is 1.62. The minimum Gasteiger partial charge on any atom is -0.378 e. The van der Waals surface area contributed by atoms with Gasteiger partial charge in [0.05, 0.1) is 13.2 Å². The maximum atomic E-state index is 12.8. The van der Waals surface area contributed by atoms with Crippen LogP contribution in [0, 0.1) is 0 Å². The smallest absolute Gasteiger partial charge is 0.270 e. The third-order valence-corrected chi connectivity index (χ3v) is 4.73. The Bertz CT molecular complexity index is 643. The van der Waals surface area contributed by atoms with Gasteiger partial charge in [0.2, 0.25) is 11.8 Å². The van der Waals surface area contributed by atoms with Crippen LogP contribution in [0.2, 0.25) is 0 Å². The van der Waals surface area contributed by atoms with Gasteiger partial charge in [0, 0.05) is 52.4 Å². The van der Waals surface area contributed by atoms with Crippen molar-refractivity contribution in [3.63, 3.8) is 0 Å². The molecule has 0 N–H and O–H groups in total. The van der Waals surface area contributed by atoms with Gasteiger partial charge in [0.25, 0.3) is 5.91 Å². The van der Waals surface area contributed by atoms with Crippen molar-refractivity contribution in [3.8, 4) is 0 Å². The van der Waals surface area contributed by atoms with Crippen molar-refractivity contribution in [2.45, 2.75) is 13.5 Å². The Labute approximate surface area is 146 Å². The van der Waals surface area contributed by atoms with Crippen molar-refractivity contribution in [3.05, 3.63) is 24.0 Å². The standard InChI is InChI=1S/C17H24N4O4/c1-14(22)18-5-7-20(8-6-18)17(24)15-3-2-4-21(15)13-16(23)19-9-11-25-12-10-19/h2-4H,5-13H2,1H3. The molecule has 8 heteroatoms. The summed E-state index contributed by atoms with van der Waals surface area (Å²) in [6.45, 7) is 6.13. The summed E-state index contributed by atoms with van der Waals surface area (Å²) in [5.41, 5.74) is 0.512. The predicted molar refractivity (Wildman–Crippen MR) is 90.0 cm³/mol. The second-order valence-electron chi connectivity index (χ2n) is 6.31. The molecule has 25 heavy (non-hydrogen) atoms. The first-order chi connectivity index (χ1) is 12.1. The fourth-order valence-corrected chi connectivity index (χ4v) is 3.19. The molecule has 0 bridgehead atoms. The normalized spacial score (nSPS) is 18.4. The lowest BCUT2D eigenvalue weighted by Gasteiger charge is -2.34. The van der Waals surface area contributed by atoms with Gasteiger partial charge in [-0.2, -0.15) is 0 Å². The van der Waals surface area contributed by atoms with Crippen LogP contribution in [-0.2, 0) is 20.9 Å². The zero-order valence-corrected chi connectivity index (χ0v) is 14.5. The topological polar surface area (TPSA) is 75.1 Å². The summed E-state index contributed by atoms with van der Waals surface area (Å²) in [5.74, 6) is -0.0653. The number of aromatic nitrogens is 1. The van der Waals surface area contributed by atoms with Gasteiger partial charge in [-0.3, -0.25) is 14.4 Å². The molecule has 2 aliphatic heterocycles. The lowest BCUT2D eigenvalue weighted by Crippen LogP contribution is -2.50. The summed E-state index contributed by atoms with van der Waals surface area (Å²) < 4.78 is 6.97. The van der Waals surface area contributed by atoms with Crippen molar-refractivity contribution < 1.29 is 19.1 Å². The van der Waals surface area contributed by atoms with E-state index in [1.807, 2.05) is 0 Å². The largest absolute Gasteiger partial charge is 0.378 e. The summed E-state index contributed by atoms with van der Waals surface area (Å²) >= 11 is 0. The quantitative estimate of drug-likeness (QED) is 0.748. The highest BCUT2D eigenvalue weighted by molar-refractivity contribution is 5.93. The van der Waals surface area contributed by atoms with Crippen molar-refractivity contribution in [1.82, 2.24) is 19.3 Å². The Hall–Kier alpha value is -2.35. The lowest BCUT2D eigenvalue weighted by atomic mass is 10.2. The van der Waals surface area contributed by atoms with Gasteiger partial charge in [-0.05, 0) is 12.1 Å². The molecule has 2 saturated heterocycles. The molecule has 2 aliphatic rings. The van der Waals surface area contributed by atoms with E-state index in [0.717, 1.165) is 0 Å². The highest BCUT2D eigenvalue weighted by atomic mass is 16.5. The zero-order chi connectivity index (χ0) is 17.8. The Morgan fingerprint density at radius 3 is 2.24 bits per heavy atom. The number of hydrogen-bond donors (Lipinski definition) is 0. The maximum Gasteiger partial charge on any atom is 0.270 e. The Kier molecular flexibility index (Phi) is 5.37. The third-order valence-electron chi connectivity index (χ3n) is 4.73. The summed E-state index contributed by atoms with van der Waals surface area (Å²) in [7, 11) is 0. The van der Waals surface area contributed by atoms with Crippen molar-refractivity contribution in [2.24, 2.45) is 0 Å². The van der Waals surface area contributed by atoms with E-state index in [9.17, 15) is 14.4 Å². The second-order valence-corrected chi connectivity index (χ2v) is 6.31. The average Bonchev–Trinajstić information content (AvgIpc) is 3.10. The molecule has 1 aromatic rings. The molecule has 0 spiro atoms. The lowest BCUT2D eigenvalue weighted by molar-refractivity contribution is -0.136. The van der Waals surface area contributed by atoms with E-state index in [4.69, 9.17) is 4.74 Å². The van der Waals surface area contributed by atoms with E-state index < -0.39 is 0 Å². The molecule has 0 saturated carbocycles. The minimum atomic E-state index is -0.0945. The maximum absolute atomic E-state index is 12.8. The Morgan fingerprint density at radius 1 is 0.960 bits per heavy atom. The van der Waals surface area contributed by atoms with Gasteiger partial charge in [0.1, 0.15) is 12.2 Å². The van der Waals surface area contributed by atoms with Crippen LogP contribution in [-0.4, -0.2) is 89.5 Å². The molecule has 3 amide bonds. The van der Waals surface area contributed by atoms with Crippen LogP contribution in [0.1, 0.15) is 17.4 Å². The summed E-state index contributed by atoms with van der Waals surface area (Å²) in [6, 6.07) is 3.53. The van der Waals surface area contributed by atoms with Gasteiger partial charge in [0.15, 0.2) is 0 Å². The number of piperazine rings is 1. The highest BCUT2D eigenvalue weighted by Gasteiger charge is 2.26. The molecule has 3 heterocycles. The van der Waals surface area contributed by atoms with Crippen LogP contribution >= 0.6 is 0 Å².